The van der Waals surface area contributed by atoms with E-state index in [9.17, 15) is 28.8 Å². The number of esters is 4. The summed E-state index contributed by atoms with van der Waals surface area (Å²) in [5.74, 6) is -1.73. The van der Waals surface area contributed by atoms with Gasteiger partial charge in [-0.15, -0.1) is 0 Å². The average Bonchev–Trinajstić information content (AvgIpc) is 3.01. The molecular formula is C30H48N2O12. The van der Waals surface area contributed by atoms with Crippen LogP contribution in [0.2, 0.25) is 0 Å². The van der Waals surface area contributed by atoms with E-state index in [4.69, 9.17) is 28.4 Å². The van der Waals surface area contributed by atoms with E-state index >= 15 is 0 Å². The predicted octanol–water partition coefficient (Wildman–Crippen LogP) is 3.66. The minimum absolute atomic E-state index is 0.0259. The van der Waals surface area contributed by atoms with Crippen LogP contribution in [-0.2, 0) is 47.6 Å². The molecule has 0 aromatic carbocycles. The molecule has 250 valence electrons. The quantitative estimate of drug-likeness (QED) is 0.0584. The number of carbonyl (C=O) groups is 6. The van der Waals surface area contributed by atoms with Gasteiger partial charge in [-0.1, -0.05) is 32.4 Å². The minimum Gasteiger partial charge on any atom is -0.466 e. The largest absolute Gasteiger partial charge is 0.466 e. The number of ether oxygens (including phenoxy) is 6. The van der Waals surface area contributed by atoms with Gasteiger partial charge >= 0.3 is 36.1 Å². The van der Waals surface area contributed by atoms with E-state index in [1.807, 2.05) is 0 Å². The lowest BCUT2D eigenvalue weighted by Gasteiger charge is -2.08. The van der Waals surface area contributed by atoms with Crippen molar-refractivity contribution in [3.63, 3.8) is 0 Å². The number of hydrogen-bond donors (Lipinski definition) is 2. The van der Waals surface area contributed by atoms with Gasteiger partial charge in [-0.2, -0.15) is 0 Å². The Morgan fingerprint density at radius 3 is 1.39 bits per heavy atom. The number of hydrogen-bond acceptors (Lipinski definition) is 12. The fraction of sp³-hybridized carbons (Fsp3) is 0.667. The molecular weight excluding hydrogens is 580 g/mol. The molecule has 2 amide bonds. The third kappa shape index (κ3) is 28.0. The second-order valence-corrected chi connectivity index (χ2v) is 9.35. The van der Waals surface area contributed by atoms with Crippen LogP contribution in [0.3, 0.4) is 0 Å². The lowest BCUT2D eigenvalue weighted by molar-refractivity contribution is -0.146. The second kappa shape index (κ2) is 29.0. The average molecular weight is 629 g/mol. The Bertz CT molecular complexity index is 808. The molecule has 0 saturated carbocycles. The number of carbonyl (C=O) groups excluding carboxylic acids is 6. The molecule has 14 heteroatoms. The Labute approximate surface area is 259 Å². The Kier molecular flexibility index (Phi) is 26.3. The summed E-state index contributed by atoms with van der Waals surface area (Å²) in [6, 6.07) is 0. The normalized spacial score (nSPS) is 10.1. The van der Waals surface area contributed by atoms with Gasteiger partial charge < -0.3 is 39.1 Å². The van der Waals surface area contributed by atoms with Gasteiger partial charge in [0.25, 0.3) is 0 Å². The molecule has 0 aromatic rings. The molecule has 0 rings (SSSR count). The van der Waals surface area contributed by atoms with Crippen molar-refractivity contribution in [2.75, 3.05) is 52.7 Å². The van der Waals surface area contributed by atoms with Gasteiger partial charge in [-0.25, -0.2) is 19.2 Å². The van der Waals surface area contributed by atoms with Crippen molar-refractivity contribution >= 4 is 36.1 Å². The summed E-state index contributed by atoms with van der Waals surface area (Å²) in [7, 11) is 0. The van der Waals surface area contributed by atoms with Gasteiger partial charge in [-0.05, 0) is 44.9 Å². The van der Waals surface area contributed by atoms with Crippen molar-refractivity contribution in [2.24, 2.45) is 0 Å². The summed E-state index contributed by atoms with van der Waals surface area (Å²) in [6.07, 6.45) is 8.34. The third-order valence-electron chi connectivity index (χ3n) is 5.62. The lowest BCUT2D eigenvalue weighted by atomic mass is 10.1. The van der Waals surface area contributed by atoms with Crippen LogP contribution in [0.15, 0.2) is 25.3 Å². The zero-order valence-corrected chi connectivity index (χ0v) is 25.6. The predicted molar refractivity (Wildman–Crippen MR) is 158 cm³/mol. The van der Waals surface area contributed by atoms with E-state index in [1.54, 1.807) is 0 Å². The standard InChI is InChI=1S/C30H48N2O12/c1-3-25(33)39-23-14-16-28(36)41-20-11-12-21-43-29(37)31-17-9-7-5-6-8-15-27(35)40-19-10-13-22-44-30(38)32-18-24-42-26(34)4-2/h3-4H,1-2,5-24H2,(H,31,37)(H,32,38). The smallest absolute Gasteiger partial charge is 0.407 e. The van der Waals surface area contributed by atoms with Crippen molar-refractivity contribution < 1.29 is 57.2 Å². The van der Waals surface area contributed by atoms with Gasteiger partial charge in [-0.3, -0.25) is 9.59 Å². The highest BCUT2D eigenvalue weighted by molar-refractivity contribution is 5.81. The van der Waals surface area contributed by atoms with Crippen LogP contribution >= 0.6 is 0 Å². The minimum atomic E-state index is -0.613. The van der Waals surface area contributed by atoms with Crippen molar-refractivity contribution in [3.8, 4) is 0 Å². The molecule has 0 aliphatic heterocycles. The van der Waals surface area contributed by atoms with Crippen LogP contribution in [0.25, 0.3) is 0 Å². The van der Waals surface area contributed by atoms with Gasteiger partial charge in [0.05, 0.1) is 39.6 Å². The molecule has 0 aromatic heterocycles. The fourth-order valence-corrected chi connectivity index (χ4v) is 3.28. The number of rotatable bonds is 27. The monoisotopic (exact) mass is 628 g/mol. The molecule has 0 atom stereocenters. The van der Waals surface area contributed by atoms with E-state index in [0.717, 1.165) is 44.3 Å². The third-order valence-corrected chi connectivity index (χ3v) is 5.62. The maximum Gasteiger partial charge on any atom is 0.407 e. The summed E-state index contributed by atoms with van der Waals surface area (Å²) < 4.78 is 29.8. The molecule has 0 unspecified atom stereocenters. The Balaban J connectivity index is 3.43. The Morgan fingerprint density at radius 2 is 0.841 bits per heavy atom. The molecule has 14 nitrogen and oxygen atoms in total. The number of unbranched alkanes of at least 4 members (excludes halogenated alkanes) is 6. The van der Waals surface area contributed by atoms with E-state index in [2.05, 4.69) is 23.8 Å². The van der Waals surface area contributed by atoms with E-state index in [0.29, 0.717) is 45.1 Å². The van der Waals surface area contributed by atoms with Gasteiger partial charge in [0, 0.05) is 31.5 Å². The molecule has 0 fully saturated rings. The van der Waals surface area contributed by atoms with Gasteiger partial charge in [0.1, 0.15) is 6.61 Å². The number of alkyl carbamates (subject to hydrolysis) is 2. The Hall–Kier alpha value is -4.10. The molecule has 2 N–H and O–H groups in total. The van der Waals surface area contributed by atoms with Crippen LogP contribution in [0, 0.1) is 0 Å². The second-order valence-electron chi connectivity index (χ2n) is 9.35. The SMILES string of the molecule is C=CC(=O)OCCCC(=O)OCCCCOC(=O)NCCCCCCCC(=O)OCCCCOC(=O)NCCOC(=O)C=C. The molecule has 0 aliphatic carbocycles. The maximum atomic E-state index is 11.8. The first-order valence-corrected chi connectivity index (χ1v) is 15.0. The van der Waals surface area contributed by atoms with E-state index in [1.165, 1.54) is 0 Å². The van der Waals surface area contributed by atoms with Crippen LogP contribution in [0.1, 0.15) is 77.0 Å². The zero-order valence-electron chi connectivity index (χ0n) is 25.6. The summed E-state index contributed by atoms with van der Waals surface area (Å²) in [6.45, 7) is 8.22. The first-order chi connectivity index (χ1) is 21.3. The van der Waals surface area contributed by atoms with Crippen molar-refractivity contribution in [1.82, 2.24) is 10.6 Å². The molecule has 0 saturated heterocycles. The maximum absolute atomic E-state index is 11.8. The topological polar surface area (TPSA) is 182 Å². The number of nitrogens with one attached hydrogen (secondary N) is 2. The summed E-state index contributed by atoms with van der Waals surface area (Å²) >= 11 is 0. The van der Waals surface area contributed by atoms with Crippen LogP contribution in [0.4, 0.5) is 9.59 Å². The first kappa shape index (κ1) is 39.9. The summed E-state index contributed by atoms with van der Waals surface area (Å²) in [5.41, 5.74) is 0. The fourth-order valence-electron chi connectivity index (χ4n) is 3.28. The highest BCUT2D eigenvalue weighted by Gasteiger charge is 2.06. The molecule has 0 heterocycles. The highest BCUT2D eigenvalue weighted by atomic mass is 16.6. The van der Waals surface area contributed by atoms with E-state index in [-0.39, 0.29) is 64.5 Å². The molecule has 0 radical (unpaired) electrons. The molecule has 0 spiro atoms. The van der Waals surface area contributed by atoms with Crippen LogP contribution < -0.4 is 10.6 Å². The molecule has 0 bridgehead atoms. The van der Waals surface area contributed by atoms with E-state index < -0.39 is 24.1 Å². The lowest BCUT2D eigenvalue weighted by Crippen LogP contribution is -2.28. The zero-order chi connectivity index (χ0) is 32.7. The summed E-state index contributed by atoms with van der Waals surface area (Å²) in [5, 5.41) is 5.13. The van der Waals surface area contributed by atoms with Crippen molar-refractivity contribution in [1.29, 1.82) is 0 Å². The van der Waals surface area contributed by atoms with Gasteiger partial charge in [0.15, 0.2) is 0 Å². The van der Waals surface area contributed by atoms with Crippen molar-refractivity contribution in [2.45, 2.75) is 77.0 Å². The Morgan fingerprint density at radius 1 is 0.432 bits per heavy atom. The summed E-state index contributed by atoms with van der Waals surface area (Å²) in [4.78, 5) is 68.3. The first-order valence-electron chi connectivity index (χ1n) is 15.0. The van der Waals surface area contributed by atoms with Crippen LogP contribution in [0.5, 0.6) is 0 Å². The van der Waals surface area contributed by atoms with Crippen LogP contribution in [-0.4, -0.2) is 88.8 Å². The number of amides is 2. The molecule has 0 aliphatic rings. The molecule has 44 heavy (non-hydrogen) atoms. The highest BCUT2D eigenvalue weighted by Crippen LogP contribution is 2.06. The van der Waals surface area contributed by atoms with Crippen molar-refractivity contribution in [3.05, 3.63) is 25.3 Å². The van der Waals surface area contributed by atoms with Gasteiger partial charge in [0.2, 0.25) is 0 Å².